The summed E-state index contributed by atoms with van der Waals surface area (Å²) in [6.45, 7) is 9.70. The van der Waals surface area contributed by atoms with E-state index in [0.29, 0.717) is 35.8 Å². The number of nitrogens with zero attached hydrogens (tertiary/aromatic N) is 9. The van der Waals surface area contributed by atoms with Crippen molar-refractivity contribution in [3.63, 3.8) is 0 Å². The molecule has 0 spiro atoms. The molecule has 0 fully saturated rings. The minimum atomic E-state index is -0.833. The van der Waals surface area contributed by atoms with Crippen molar-refractivity contribution in [2.75, 3.05) is 25.6 Å². The Kier molecular flexibility index (Phi) is 66.4. The molecule has 0 aliphatic heterocycles. The summed E-state index contributed by atoms with van der Waals surface area (Å²) in [5, 5.41) is 17.6. The maximum absolute atomic E-state index is 10.2. The third-order valence-electron chi connectivity index (χ3n) is 4.42. The predicted molar refractivity (Wildman–Crippen MR) is 226 cm³/mol. The smallest absolute Gasteiger partial charge is 0.300 e. The highest BCUT2D eigenvalue weighted by molar-refractivity contribution is 7.97. The summed E-state index contributed by atoms with van der Waals surface area (Å²) in [4.78, 5) is 37.1. The molecule has 0 aliphatic carbocycles. The number of thioether (sulfide) groups is 1. The number of Topliss-reactive ketones (excluding diaryl/α,β-unsaturated/α-hetero) is 2. The first-order valence-corrected chi connectivity index (χ1v) is 17.3. The van der Waals surface area contributed by atoms with Gasteiger partial charge in [-0.15, -0.1) is 0 Å². The second-order valence-electron chi connectivity index (χ2n) is 9.34. The first-order chi connectivity index (χ1) is 24.4. The highest BCUT2D eigenvalue weighted by Crippen LogP contribution is 2.10. The lowest BCUT2D eigenvalue weighted by molar-refractivity contribution is -0.134. The van der Waals surface area contributed by atoms with Gasteiger partial charge in [-0.3, -0.25) is 9.59 Å². The Morgan fingerprint density at radius 3 is 0.962 bits per heavy atom. The lowest BCUT2D eigenvalue weighted by atomic mass is 10.2. The third kappa shape index (κ3) is 73.2. The maximum Gasteiger partial charge on any atom is 0.300 e. The zero-order valence-corrected chi connectivity index (χ0v) is 31.7. The SMILES string of the molecule is C.C.CC(=O)CCN.CC(=O)O.CCCCC(C)=O.CCCN.CSC.[N-]=[N+]=Nc1ccccc1.[N-]=[N+]=Nc1ccccc1.[N-]=[N+]=Nc1ccccc1. The van der Waals surface area contributed by atoms with Gasteiger partial charge in [0.2, 0.25) is 0 Å². The van der Waals surface area contributed by atoms with E-state index in [9.17, 15) is 9.59 Å². The molecular formula is C37H63N11O4S. The van der Waals surface area contributed by atoms with Crippen LogP contribution in [0, 0.1) is 0 Å². The lowest BCUT2D eigenvalue weighted by Crippen LogP contribution is -2.03. The van der Waals surface area contributed by atoms with Crippen molar-refractivity contribution < 1.29 is 19.5 Å². The van der Waals surface area contributed by atoms with Crippen LogP contribution < -0.4 is 11.5 Å². The number of azide groups is 3. The van der Waals surface area contributed by atoms with E-state index < -0.39 is 5.97 Å². The van der Waals surface area contributed by atoms with Gasteiger partial charge in [-0.1, -0.05) is 141 Å². The highest BCUT2D eigenvalue weighted by atomic mass is 32.2. The van der Waals surface area contributed by atoms with Crippen LogP contribution in [0.25, 0.3) is 31.3 Å². The van der Waals surface area contributed by atoms with Crippen LogP contribution in [0.2, 0.25) is 0 Å². The molecule has 0 radical (unpaired) electrons. The average Bonchev–Trinajstić information content (AvgIpc) is 3.10. The number of hydrogen-bond acceptors (Lipinski definition) is 9. The van der Waals surface area contributed by atoms with Crippen LogP contribution >= 0.6 is 11.8 Å². The number of rotatable bonds is 9. The molecule has 3 aromatic carbocycles. The van der Waals surface area contributed by atoms with Crippen molar-refractivity contribution in [2.24, 2.45) is 26.8 Å². The molecule has 296 valence electrons. The van der Waals surface area contributed by atoms with Crippen molar-refractivity contribution in [1.82, 2.24) is 0 Å². The number of aliphatic carboxylic acids is 1. The van der Waals surface area contributed by atoms with Crippen LogP contribution in [0.3, 0.4) is 0 Å². The number of carbonyl (C=O) groups is 3. The Balaban J connectivity index is -0.0000000932. The fraction of sp³-hybridized carbons (Fsp3) is 0.432. The van der Waals surface area contributed by atoms with E-state index in [0.717, 1.165) is 39.2 Å². The molecule has 53 heavy (non-hydrogen) atoms. The second-order valence-corrected chi connectivity index (χ2v) is 10.2. The number of ketones is 2. The van der Waals surface area contributed by atoms with Gasteiger partial charge in [0, 0.05) is 51.6 Å². The van der Waals surface area contributed by atoms with E-state index in [-0.39, 0.29) is 20.6 Å². The molecule has 0 unspecified atom stereocenters. The molecule has 5 N–H and O–H groups in total. The van der Waals surface area contributed by atoms with Crippen LogP contribution in [0.5, 0.6) is 0 Å². The van der Waals surface area contributed by atoms with E-state index in [2.05, 4.69) is 43.9 Å². The number of carbonyl (C=O) groups excluding carboxylic acids is 2. The van der Waals surface area contributed by atoms with Gasteiger partial charge < -0.3 is 21.4 Å². The Bertz CT molecular complexity index is 1230. The van der Waals surface area contributed by atoms with E-state index in [4.69, 9.17) is 38.0 Å². The summed E-state index contributed by atoms with van der Waals surface area (Å²) in [7, 11) is 0. The number of unbranched alkanes of at least 4 members (excludes halogenated alkanes) is 1. The summed E-state index contributed by atoms with van der Waals surface area (Å²) < 4.78 is 0. The van der Waals surface area contributed by atoms with Gasteiger partial charge in [0.05, 0.1) is 0 Å². The van der Waals surface area contributed by atoms with Crippen molar-refractivity contribution in [1.29, 1.82) is 0 Å². The van der Waals surface area contributed by atoms with Crippen LogP contribution in [-0.2, 0) is 14.4 Å². The largest absolute Gasteiger partial charge is 0.481 e. The first kappa shape index (κ1) is 62.8. The van der Waals surface area contributed by atoms with Crippen molar-refractivity contribution in [3.8, 4) is 0 Å². The molecule has 16 heteroatoms. The molecule has 0 heterocycles. The van der Waals surface area contributed by atoms with Gasteiger partial charge in [-0.2, -0.15) is 11.8 Å². The van der Waals surface area contributed by atoms with Crippen LogP contribution in [0.4, 0.5) is 17.1 Å². The summed E-state index contributed by atoms with van der Waals surface area (Å²) in [5.41, 5.74) is 35.9. The van der Waals surface area contributed by atoms with Crippen LogP contribution in [0.15, 0.2) is 106 Å². The van der Waals surface area contributed by atoms with Crippen molar-refractivity contribution in [2.45, 2.75) is 81.6 Å². The van der Waals surface area contributed by atoms with E-state index in [1.807, 2.05) is 67.1 Å². The third-order valence-corrected chi connectivity index (χ3v) is 4.42. The molecule has 0 saturated heterocycles. The molecular weight excluding hydrogens is 695 g/mol. The Morgan fingerprint density at radius 2 is 0.849 bits per heavy atom. The fourth-order valence-electron chi connectivity index (χ4n) is 2.27. The molecule has 0 amide bonds. The number of benzene rings is 3. The average molecular weight is 758 g/mol. The molecule has 3 rings (SSSR count). The second kappa shape index (κ2) is 56.1. The number of carboxylic acids is 1. The van der Waals surface area contributed by atoms with Crippen LogP contribution in [0.1, 0.15) is 81.6 Å². The highest BCUT2D eigenvalue weighted by Gasteiger charge is 1.87. The molecule has 3 aromatic rings. The number of carboxylic acid groups (broad SMARTS) is 1. The van der Waals surface area contributed by atoms with Crippen molar-refractivity contribution in [3.05, 3.63) is 122 Å². The Morgan fingerprint density at radius 1 is 0.604 bits per heavy atom. The number of hydrogen-bond donors (Lipinski definition) is 3. The topological polar surface area (TPSA) is 270 Å². The van der Waals surface area contributed by atoms with Gasteiger partial charge in [0.15, 0.2) is 0 Å². The van der Waals surface area contributed by atoms with E-state index >= 15 is 0 Å². The van der Waals surface area contributed by atoms with Gasteiger partial charge in [0.25, 0.3) is 5.97 Å². The Labute approximate surface area is 321 Å². The quantitative estimate of drug-likeness (QED) is 0.108. The number of nitrogens with two attached hydrogens (primary N) is 2. The molecule has 15 nitrogen and oxygen atoms in total. The maximum atomic E-state index is 10.2. The monoisotopic (exact) mass is 757 g/mol. The molecule has 0 bridgehead atoms. The molecule has 0 atom stereocenters. The Hall–Kier alpha value is -5.33. The molecule has 0 saturated carbocycles. The van der Waals surface area contributed by atoms with Gasteiger partial charge in [-0.05, 0) is 68.9 Å². The standard InChI is InChI=1S/3C6H5N3.C6H12O.C4H9NO.C3H9N.C2H4O2.C2H6S.2CH4/c3*7-9-8-6-4-2-1-3-5-6;1-3-4-5-6(2)7;1-4(6)2-3-5;1-2-3-4;1-2(3)4;1-3-2;;/h3*1-5H;3-5H2,1-2H3;2-3,5H2,1H3;2-4H2,1H3;1H3,(H,3,4);1-2H3;2*1H4. The first-order valence-electron chi connectivity index (χ1n) is 15.7. The summed E-state index contributed by atoms with van der Waals surface area (Å²) in [5.74, 6) is -0.362. The zero-order valence-electron chi connectivity index (χ0n) is 30.9. The van der Waals surface area contributed by atoms with Gasteiger partial charge in [0.1, 0.15) is 11.6 Å². The fourth-order valence-corrected chi connectivity index (χ4v) is 2.27. The van der Waals surface area contributed by atoms with Gasteiger partial charge >= 0.3 is 0 Å². The summed E-state index contributed by atoms with van der Waals surface area (Å²) in [6.07, 6.45) is 8.63. The molecule has 0 aromatic heterocycles. The van der Waals surface area contributed by atoms with E-state index in [1.54, 1.807) is 55.1 Å². The van der Waals surface area contributed by atoms with Gasteiger partial charge in [-0.25, -0.2) is 0 Å². The predicted octanol–water partition coefficient (Wildman–Crippen LogP) is 12.3. The lowest BCUT2D eigenvalue weighted by Gasteiger charge is -1.86. The van der Waals surface area contributed by atoms with Crippen LogP contribution in [-0.4, -0.2) is 48.2 Å². The minimum absolute atomic E-state index is 0. The zero-order chi connectivity index (χ0) is 40.0. The summed E-state index contributed by atoms with van der Waals surface area (Å²) in [6, 6.07) is 27.1. The van der Waals surface area contributed by atoms with Crippen molar-refractivity contribution >= 4 is 46.4 Å². The minimum Gasteiger partial charge on any atom is -0.481 e. The molecule has 0 aliphatic rings. The normalized spacial score (nSPS) is 7.57. The van der Waals surface area contributed by atoms with E-state index in [1.165, 1.54) is 6.92 Å². The summed E-state index contributed by atoms with van der Waals surface area (Å²) >= 11 is 1.75.